The molecule has 22 heavy (non-hydrogen) atoms. The van der Waals surface area contributed by atoms with Crippen molar-refractivity contribution in [3.8, 4) is 5.88 Å². The number of carbonyl (C=O) groups excluding carboxylic acids is 1. The van der Waals surface area contributed by atoms with Gasteiger partial charge in [0.2, 0.25) is 11.8 Å². The maximum atomic E-state index is 12.0. The first kappa shape index (κ1) is 14.7. The number of hydrogen-bond donors (Lipinski definition) is 4. The molecular weight excluding hydrogens is 306 g/mol. The van der Waals surface area contributed by atoms with E-state index in [-0.39, 0.29) is 29.3 Å². The van der Waals surface area contributed by atoms with E-state index in [0.717, 1.165) is 18.4 Å². The van der Waals surface area contributed by atoms with Crippen molar-refractivity contribution in [3.63, 3.8) is 0 Å². The van der Waals surface area contributed by atoms with Crippen LogP contribution in [0.2, 0.25) is 5.02 Å². The highest BCUT2D eigenvalue weighted by molar-refractivity contribution is 6.30. The topological polar surface area (TPSA) is 98.0 Å². The minimum Gasteiger partial charge on any atom is -0.493 e. The number of aromatic hydroxyl groups is 1. The number of H-pyrrole nitrogens is 2. The van der Waals surface area contributed by atoms with E-state index in [9.17, 15) is 14.7 Å². The van der Waals surface area contributed by atoms with E-state index in [2.05, 4.69) is 15.3 Å². The summed E-state index contributed by atoms with van der Waals surface area (Å²) in [5.41, 5.74) is 0.808. The summed E-state index contributed by atoms with van der Waals surface area (Å²) in [4.78, 5) is 27.5. The molecule has 0 spiro atoms. The van der Waals surface area contributed by atoms with Gasteiger partial charge in [-0.3, -0.25) is 9.78 Å². The van der Waals surface area contributed by atoms with Crippen molar-refractivity contribution < 1.29 is 9.90 Å². The molecule has 1 amide bonds. The number of hydrogen-bond acceptors (Lipinski definition) is 3. The highest BCUT2D eigenvalue weighted by Crippen LogP contribution is 2.47. The third-order valence-electron chi connectivity index (χ3n) is 4.05. The SMILES string of the molecule is O=C(Cc1[nH]c(=O)[nH]c1O)NCC1(c2ccc(Cl)cc2)CC1. The molecule has 7 heteroatoms. The molecule has 0 bridgehead atoms. The van der Waals surface area contributed by atoms with Gasteiger partial charge in [0.1, 0.15) is 0 Å². The average molecular weight is 322 g/mol. The molecule has 0 atom stereocenters. The standard InChI is InChI=1S/C15H16ClN3O3/c16-10-3-1-9(2-4-10)15(5-6-15)8-17-12(20)7-11-13(21)19-14(22)18-11/h1-4,21H,5-8H2,(H,17,20)(H2,18,19,22). The quantitative estimate of drug-likeness (QED) is 0.671. The Hall–Kier alpha value is -2.21. The lowest BCUT2D eigenvalue weighted by Gasteiger charge is -2.16. The van der Waals surface area contributed by atoms with Crippen LogP contribution in [0, 0.1) is 0 Å². The Morgan fingerprint density at radius 3 is 2.50 bits per heavy atom. The third kappa shape index (κ3) is 3.01. The van der Waals surface area contributed by atoms with E-state index < -0.39 is 5.69 Å². The van der Waals surface area contributed by atoms with Gasteiger partial charge in [-0.05, 0) is 30.5 Å². The molecular formula is C15H16ClN3O3. The summed E-state index contributed by atoms with van der Waals surface area (Å²) < 4.78 is 0. The smallest absolute Gasteiger partial charge is 0.325 e. The Labute approximate surface area is 131 Å². The molecule has 1 aromatic carbocycles. The van der Waals surface area contributed by atoms with E-state index in [1.54, 1.807) is 0 Å². The zero-order valence-electron chi connectivity index (χ0n) is 11.8. The predicted octanol–water partition coefficient (Wildman–Crippen LogP) is 1.45. The molecule has 2 aromatic rings. The van der Waals surface area contributed by atoms with Gasteiger partial charge >= 0.3 is 5.69 Å². The number of aromatic amines is 2. The Balaban J connectivity index is 1.60. The summed E-state index contributed by atoms with van der Waals surface area (Å²) in [6.07, 6.45) is 1.96. The van der Waals surface area contributed by atoms with Gasteiger partial charge in [-0.1, -0.05) is 23.7 Å². The molecule has 0 aliphatic heterocycles. The third-order valence-corrected chi connectivity index (χ3v) is 4.31. The Morgan fingerprint density at radius 1 is 1.27 bits per heavy atom. The maximum Gasteiger partial charge on any atom is 0.325 e. The lowest BCUT2D eigenvalue weighted by Crippen LogP contribution is -2.33. The van der Waals surface area contributed by atoms with Crippen LogP contribution in [0.1, 0.15) is 24.1 Å². The molecule has 0 saturated heterocycles. The fourth-order valence-electron chi connectivity index (χ4n) is 2.55. The molecule has 1 saturated carbocycles. The molecule has 0 radical (unpaired) electrons. The number of benzene rings is 1. The Bertz CT molecular complexity index is 744. The minimum atomic E-state index is -0.528. The fraction of sp³-hybridized carbons (Fsp3) is 0.333. The van der Waals surface area contributed by atoms with Crippen molar-refractivity contribution in [2.75, 3.05) is 6.54 Å². The van der Waals surface area contributed by atoms with Crippen molar-refractivity contribution in [2.45, 2.75) is 24.7 Å². The number of rotatable bonds is 5. The van der Waals surface area contributed by atoms with Gasteiger partial charge in [0, 0.05) is 17.0 Å². The maximum absolute atomic E-state index is 12.0. The summed E-state index contributed by atoms with van der Waals surface area (Å²) >= 11 is 5.89. The van der Waals surface area contributed by atoms with Crippen LogP contribution in [-0.4, -0.2) is 27.5 Å². The van der Waals surface area contributed by atoms with E-state index >= 15 is 0 Å². The zero-order chi connectivity index (χ0) is 15.7. The first-order valence-electron chi connectivity index (χ1n) is 7.01. The van der Waals surface area contributed by atoms with Gasteiger partial charge in [0.15, 0.2) is 0 Å². The summed E-state index contributed by atoms with van der Waals surface area (Å²) in [6, 6.07) is 7.66. The number of amides is 1. The fourth-order valence-corrected chi connectivity index (χ4v) is 2.68. The molecule has 116 valence electrons. The van der Waals surface area contributed by atoms with Crippen LogP contribution in [0.3, 0.4) is 0 Å². The summed E-state index contributed by atoms with van der Waals surface area (Å²) in [5, 5.41) is 13.0. The second-order valence-electron chi connectivity index (χ2n) is 5.65. The van der Waals surface area contributed by atoms with Gasteiger partial charge in [0.25, 0.3) is 0 Å². The molecule has 0 unspecified atom stereocenters. The van der Waals surface area contributed by atoms with E-state index in [0.29, 0.717) is 11.6 Å². The van der Waals surface area contributed by atoms with Crippen LogP contribution in [0.4, 0.5) is 0 Å². The molecule has 4 N–H and O–H groups in total. The van der Waals surface area contributed by atoms with Gasteiger partial charge < -0.3 is 15.4 Å². The van der Waals surface area contributed by atoms with E-state index in [1.807, 2.05) is 24.3 Å². The van der Waals surface area contributed by atoms with Crippen molar-refractivity contribution in [1.82, 2.24) is 15.3 Å². The van der Waals surface area contributed by atoms with Crippen molar-refractivity contribution >= 4 is 17.5 Å². The number of aromatic nitrogens is 2. The van der Waals surface area contributed by atoms with Crippen LogP contribution in [0.15, 0.2) is 29.1 Å². The normalized spacial score (nSPS) is 15.5. The summed E-state index contributed by atoms with van der Waals surface area (Å²) in [7, 11) is 0. The van der Waals surface area contributed by atoms with Gasteiger partial charge in [-0.25, -0.2) is 4.79 Å². The first-order valence-corrected chi connectivity index (χ1v) is 7.39. The number of carbonyl (C=O) groups is 1. The second-order valence-corrected chi connectivity index (χ2v) is 6.08. The number of halogens is 1. The van der Waals surface area contributed by atoms with Crippen LogP contribution in [0.25, 0.3) is 0 Å². The van der Waals surface area contributed by atoms with Crippen molar-refractivity contribution in [2.24, 2.45) is 0 Å². The molecule has 6 nitrogen and oxygen atoms in total. The monoisotopic (exact) mass is 321 g/mol. The first-order chi connectivity index (χ1) is 10.5. The number of nitrogens with one attached hydrogen (secondary N) is 3. The lowest BCUT2D eigenvalue weighted by atomic mass is 9.96. The van der Waals surface area contributed by atoms with Crippen LogP contribution >= 0.6 is 11.6 Å². The minimum absolute atomic E-state index is 0.0200. The Kier molecular flexibility index (Phi) is 3.70. The van der Waals surface area contributed by atoms with Gasteiger partial charge in [0.05, 0.1) is 12.1 Å². The predicted molar refractivity (Wildman–Crippen MR) is 82.2 cm³/mol. The summed E-state index contributed by atoms with van der Waals surface area (Å²) in [6.45, 7) is 0.531. The molecule has 3 rings (SSSR count). The molecule has 1 aliphatic rings. The average Bonchev–Trinajstić information content (AvgIpc) is 3.19. The lowest BCUT2D eigenvalue weighted by molar-refractivity contribution is -0.120. The van der Waals surface area contributed by atoms with Crippen molar-refractivity contribution in [3.05, 3.63) is 51.0 Å². The summed E-state index contributed by atoms with van der Waals surface area (Å²) in [5.74, 6) is -0.537. The largest absolute Gasteiger partial charge is 0.493 e. The highest BCUT2D eigenvalue weighted by atomic mass is 35.5. The zero-order valence-corrected chi connectivity index (χ0v) is 12.5. The van der Waals surface area contributed by atoms with Crippen molar-refractivity contribution in [1.29, 1.82) is 0 Å². The van der Waals surface area contributed by atoms with Crippen LogP contribution in [-0.2, 0) is 16.6 Å². The number of imidazole rings is 1. The Morgan fingerprint density at radius 2 is 1.95 bits per heavy atom. The van der Waals surface area contributed by atoms with Crippen LogP contribution < -0.4 is 11.0 Å². The van der Waals surface area contributed by atoms with Crippen LogP contribution in [0.5, 0.6) is 5.88 Å². The molecule has 1 fully saturated rings. The molecule has 1 aromatic heterocycles. The molecule has 1 aliphatic carbocycles. The molecule has 1 heterocycles. The highest BCUT2D eigenvalue weighted by Gasteiger charge is 2.44. The van der Waals surface area contributed by atoms with E-state index in [1.165, 1.54) is 0 Å². The van der Waals surface area contributed by atoms with E-state index in [4.69, 9.17) is 11.6 Å². The van der Waals surface area contributed by atoms with Gasteiger partial charge in [-0.2, -0.15) is 0 Å². The second kappa shape index (κ2) is 5.53. The van der Waals surface area contributed by atoms with Gasteiger partial charge in [-0.15, -0.1) is 0 Å².